The quantitative estimate of drug-likeness (QED) is 0.529. The van der Waals surface area contributed by atoms with Crippen LogP contribution in [0.5, 0.6) is 0 Å². The number of rotatable bonds is 8. The van der Waals surface area contributed by atoms with E-state index in [1.54, 1.807) is 18.0 Å². The van der Waals surface area contributed by atoms with Gasteiger partial charge in [0.05, 0.1) is 24.1 Å². The van der Waals surface area contributed by atoms with E-state index in [9.17, 15) is 10.1 Å². The number of thioether (sulfide) groups is 2. The van der Waals surface area contributed by atoms with E-state index in [1.165, 1.54) is 23.1 Å². The van der Waals surface area contributed by atoms with Crippen LogP contribution in [0.2, 0.25) is 0 Å². The molecule has 1 amide bonds. The Bertz CT molecular complexity index is 1000. The number of furan rings is 1. The molecule has 0 aliphatic carbocycles. The van der Waals surface area contributed by atoms with E-state index in [0.29, 0.717) is 17.9 Å². The Morgan fingerprint density at radius 2 is 2.11 bits per heavy atom. The summed E-state index contributed by atoms with van der Waals surface area (Å²) in [7, 11) is 0. The van der Waals surface area contributed by atoms with E-state index in [-0.39, 0.29) is 11.7 Å². The molecule has 0 saturated carbocycles. The first-order valence-electron chi connectivity index (χ1n) is 8.54. The normalized spacial score (nSPS) is 10.8. The molecule has 10 heteroatoms. The molecular formula is C18H19N5O2S3. The molecule has 0 unspecified atom stereocenters. The lowest BCUT2D eigenvalue weighted by Gasteiger charge is -2.11. The van der Waals surface area contributed by atoms with Gasteiger partial charge in [-0.05, 0) is 37.3 Å². The summed E-state index contributed by atoms with van der Waals surface area (Å²) >= 11 is 4.45. The Balaban J connectivity index is 1.73. The van der Waals surface area contributed by atoms with Crippen LogP contribution in [0.25, 0.3) is 0 Å². The fraction of sp³-hybridized carbons (Fsp3) is 0.333. The third kappa shape index (κ3) is 4.60. The number of hydrogen-bond acceptors (Lipinski definition) is 8. The molecule has 3 aromatic rings. The second-order valence-corrected chi connectivity index (χ2v) is 9.53. The second-order valence-electron chi connectivity index (χ2n) is 5.82. The van der Waals surface area contributed by atoms with Gasteiger partial charge < -0.3 is 14.3 Å². The van der Waals surface area contributed by atoms with Crippen molar-refractivity contribution in [2.75, 3.05) is 16.8 Å². The third-order valence-corrected chi connectivity index (χ3v) is 7.15. The van der Waals surface area contributed by atoms with Crippen molar-refractivity contribution in [3.05, 3.63) is 41.0 Å². The Morgan fingerprint density at radius 3 is 2.75 bits per heavy atom. The maximum Gasteiger partial charge on any atom is 0.235 e. The number of anilines is 1. The molecule has 28 heavy (non-hydrogen) atoms. The van der Waals surface area contributed by atoms with Crippen molar-refractivity contribution in [1.29, 1.82) is 5.26 Å². The summed E-state index contributed by atoms with van der Waals surface area (Å²) in [5.41, 5.74) is 2.24. The summed E-state index contributed by atoms with van der Waals surface area (Å²) in [6.07, 6.45) is 1.61. The van der Waals surface area contributed by atoms with Crippen LogP contribution >= 0.6 is 34.9 Å². The molecule has 0 aromatic carbocycles. The molecule has 3 heterocycles. The Hall–Kier alpha value is -2.22. The van der Waals surface area contributed by atoms with E-state index >= 15 is 0 Å². The van der Waals surface area contributed by atoms with Gasteiger partial charge in [-0.1, -0.05) is 41.8 Å². The van der Waals surface area contributed by atoms with Crippen molar-refractivity contribution in [1.82, 2.24) is 14.8 Å². The molecule has 7 nitrogen and oxygen atoms in total. The smallest absolute Gasteiger partial charge is 0.235 e. The monoisotopic (exact) mass is 433 g/mol. The molecule has 0 aliphatic rings. The molecule has 0 radical (unpaired) electrons. The number of carbonyl (C=O) groups excluding carboxylic acids is 1. The number of nitriles is 1. The average molecular weight is 434 g/mol. The highest BCUT2D eigenvalue weighted by atomic mass is 32.2. The molecule has 0 saturated heterocycles. The van der Waals surface area contributed by atoms with Gasteiger partial charge >= 0.3 is 0 Å². The molecule has 0 aliphatic heterocycles. The first-order chi connectivity index (χ1) is 13.5. The van der Waals surface area contributed by atoms with Gasteiger partial charge in [0.2, 0.25) is 5.91 Å². The molecular weight excluding hydrogens is 414 g/mol. The molecule has 3 aromatic heterocycles. The molecule has 1 N–H and O–H groups in total. The zero-order valence-corrected chi connectivity index (χ0v) is 18.1. The maximum atomic E-state index is 12.5. The predicted octanol–water partition coefficient (Wildman–Crippen LogP) is 4.31. The fourth-order valence-corrected chi connectivity index (χ4v) is 5.34. The van der Waals surface area contributed by atoms with Crippen LogP contribution in [0.15, 0.2) is 31.5 Å². The van der Waals surface area contributed by atoms with Crippen LogP contribution in [0.4, 0.5) is 5.82 Å². The Kier molecular flexibility index (Phi) is 6.83. The second kappa shape index (κ2) is 9.32. The first-order valence-corrected chi connectivity index (χ1v) is 11.3. The van der Waals surface area contributed by atoms with Crippen molar-refractivity contribution >= 4 is 46.6 Å². The van der Waals surface area contributed by atoms with Crippen LogP contribution in [-0.4, -0.2) is 32.2 Å². The van der Waals surface area contributed by atoms with E-state index in [2.05, 4.69) is 28.5 Å². The van der Waals surface area contributed by atoms with Crippen LogP contribution in [0, 0.1) is 25.2 Å². The minimum Gasteiger partial charge on any atom is -0.467 e. The van der Waals surface area contributed by atoms with Crippen LogP contribution in [0.3, 0.4) is 0 Å². The number of amides is 1. The largest absolute Gasteiger partial charge is 0.467 e. The van der Waals surface area contributed by atoms with Gasteiger partial charge in [0.15, 0.2) is 8.68 Å². The number of hydrogen-bond donors (Lipinski definition) is 1. The van der Waals surface area contributed by atoms with E-state index < -0.39 is 0 Å². The lowest BCUT2D eigenvalue weighted by molar-refractivity contribution is -0.113. The average Bonchev–Trinajstić information content (AvgIpc) is 3.39. The lowest BCUT2D eigenvalue weighted by atomic mass is 10.2. The highest BCUT2D eigenvalue weighted by Crippen LogP contribution is 2.30. The molecule has 0 fully saturated rings. The van der Waals surface area contributed by atoms with Gasteiger partial charge in [-0.3, -0.25) is 4.79 Å². The molecule has 146 valence electrons. The highest BCUT2D eigenvalue weighted by Gasteiger charge is 2.20. The van der Waals surface area contributed by atoms with E-state index in [0.717, 1.165) is 31.4 Å². The third-order valence-electron chi connectivity index (χ3n) is 4.08. The highest BCUT2D eigenvalue weighted by molar-refractivity contribution is 8.03. The van der Waals surface area contributed by atoms with Crippen LogP contribution < -0.4 is 5.32 Å². The molecule has 0 spiro atoms. The van der Waals surface area contributed by atoms with E-state index in [4.69, 9.17) is 4.42 Å². The fourth-order valence-electron chi connectivity index (χ4n) is 2.62. The van der Waals surface area contributed by atoms with Gasteiger partial charge in [0.25, 0.3) is 0 Å². The standard InChI is InChI=1S/C18H19N5O2S3/c1-4-26-17-21-22-18(28-17)27-10-15(24)20-16-14(8-19)11(2)12(3)23(16)9-13-6-5-7-25-13/h5-7H,4,9-10H2,1-3H3,(H,20,24). The minimum absolute atomic E-state index is 0.195. The van der Waals surface area contributed by atoms with Gasteiger partial charge in [0.1, 0.15) is 17.6 Å². The van der Waals surface area contributed by atoms with Gasteiger partial charge in [0, 0.05) is 5.69 Å². The van der Waals surface area contributed by atoms with Crippen LogP contribution in [-0.2, 0) is 11.3 Å². The first kappa shape index (κ1) is 20.5. The molecule has 0 bridgehead atoms. The van der Waals surface area contributed by atoms with Crippen LogP contribution in [0.1, 0.15) is 29.5 Å². The Morgan fingerprint density at radius 1 is 1.36 bits per heavy atom. The topological polar surface area (TPSA) is 96.7 Å². The van der Waals surface area contributed by atoms with Crippen molar-refractivity contribution < 1.29 is 9.21 Å². The zero-order chi connectivity index (χ0) is 20.1. The summed E-state index contributed by atoms with van der Waals surface area (Å²) < 4.78 is 8.98. The lowest BCUT2D eigenvalue weighted by Crippen LogP contribution is -2.18. The summed E-state index contributed by atoms with van der Waals surface area (Å²) in [5.74, 6) is 2.18. The van der Waals surface area contributed by atoms with Crippen molar-refractivity contribution in [2.24, 2.45) is 0 Å². The van der Waals surface area contributed by atoms with Crippen molar-refractivity contribution in [2.45, 2.75) is 36.0 Å². The number of aromatic nitrogens is 3. The predicted molar refractivity (Wildman–Crippen MR) is 112 cm³/mol. The summed E-state index contributed by atoms with van der Waals surface area (Å²) in [4.78, 5) is 12.5. The zero-order valence-electron chi connectivity index (χ0n) is 15.7. The number of carbonyl (C=O) groups is 1. The Labute approximate surface area is 175 Å². The van der Waals surface area contributed by atoms with Gasteiger partial charge in [-0.2, -0.15) is 5.26 Å². The summed E-state index contributed by atoms with van der Waals surface area (Å²) in [6, 6.07) is 5.88. The van der Waals surface area contributed by atoms with Crippen molar-refractivity contribution in [3.63, 3.8) is 0 Å². The summed E-state index contributed by atoms with van der Waals surface area (Å²) in [5, 5.41) is 20.7. The molecule has 0 atom stereocenters. The van der Waals surface area contributed by atoms with Gasteiger partial charge in [-0.25, -0.2) is 0 Å². The maximum absolute atomic E-state index is 12.5. The van der Waals surface area contributed by atoms with E-state index in [1.807, 2.05) is 30.5 Å². The summed E-state index contributed by atoms with van der Waals surface area (Å²) in [6.45, 7) is 6.31. The number of nitrogens with zero attached hydrogens (tertiary/aromatic N) is 4. The minimum atomic E-state index is -0.195. The molecule has 3 rings (SSSR count). The van der Waals surface area contributed by atoms with Gasteiger partial charge in [-0.15, -0.1) is 10.2 Å². The van der Waals surface area contributed by atoms with Crippen molar-refractivity contribution in [3.8, 4) is 6.07 Å². The SMILES string of the molecule is CCSc1nnc(SCC(=O)Nc2c(C#N)c(C)c(C)n2Cc2ccco2)s1. The number of nitrogens with one attached hydrogen (secondary N) is 1.